The number of rotatable bonds is 3. The van der Waals surface area contributed by atoms with E-state index in [1.54, 1.807) is 12.1 Å². The molecule has 1 amide bonds. The fourth-order valence-electron chi connectivity index (χ4n) is 4.19. The topological polar surface area (TPSA) is 79.3 Å². The number of ether oxygens (including phenoxy) is 1. The molecular weight excluding hydrogens is 436 g/mol. The summed E-state index contributed by atoms with van der Waals surface area (Å²) in [7, 11) is 0. The van der Waals surface area contributed by atoms with Gasteiger partial charge in [-0.05, 0) is 49.8 Å². The van der Waals surface area contributed by atoms with Gasteiger partial charge in [-0.2, -0.15) is 13.2 Å². The molecule has 1 aromatic rings. The molecule has 3 heterocycles. The van der Waals surface area contributed by atoms with Gasteiger partial charge in [0.15, 0.2) is 0 Å². The molecule has 32 heavy (non-hydrogen) atoms. The Balaban J connectivity index is 0.000000360. The summed E-state index contributed by atoms with van der Waals surface area (Å²) in [6, 6.07) is 7.09. The molecule has 3 fully saturated rings. The summed E-state index contributed by atoms with van der Waals surface area (Å²) in [6.45, 7) is 2.94. The first-order chi connectivity index (χ1) is 15.1. The third-order valence-electron chi connectivity index (χ3n) is 5.70. The predicted molar refractivity (Wildman–Crippen MR) is 104 cm³/mol. The van der Waals surface area contributed by atoms with E-state index in [-0.39, 0.29) is 23.9 Å². The molecule has 1 N–H and O–H groups in total. The van der Waals surface area contributed by atoms with Crippen LogP contribution in [0.25, 0.3) is 0 Å². The van der Waals surface area contributed by atoms with Gasteiger partial charge in [-0.15, -0.1) is 0 Å². The van der Waals surface area contributed by atoms with Crippen molar-refractivity contribution in [1.29, 1.82) is 0 Å². The van der Waals surface area contributed by atoms with Crippen LogP contribution in [0, 0.1) is 5.82 Å². The van der Waals surface area contributed by atoms with E-state index < -0.39 is 12.1 Å². The number of hydrogen-bond donors (Lipinski definition) is 1. The number of likely N-dealkylation sites (tertiary alicyclic amines) is 1. The SMILES string of the molecule is O=C(O)C(F)(F)F.O=C([C@@H]1CC[C@@H]2[C@@H](CCN2Cc2cccc(F)c2)O1)N1CCCCO1. The number of amides is 1. The van der Waals surface area contributed by atoms with Gasteiger partial charge in [-0.3, -0.25) is 14.5 Å². The van der Waals surface area contributed by atoms with Crippen LogP contribution in [0.3, 0.4) is 0 Å². The highest BCUT2D eigenvalue weighted by Crippen LogP contribution is 2.33. The molecule has 3 saturated heterocycles. The van der Waals surface area contributed by atoms with Gasteiger partial charge < -0.3 is 9.84 Å². The molecule has 3 aliphatic rings. The normalized spacial score (nSPS) is 26.1. The third kappa shape index (κ3) is 6.39. The highest BCUT2D eigenvalue weighted by atomic mass is 19.4. The highest BCUT2D eigenvalue weighted by Gasteiger charge is 2.43. The van der Waals surface area contributed by atoms with E-state index in [0.717, 1.165) is 50.8 Å². The van der Waals surface area contributed by atoms with E-state index in [1.807, 2.05) is 6.07 Å². The minimum Gasteiger partial charge on any atom is -0.475 e. The Bertz CT molecular complexity index is 801. The molecule has 3 atom stereocenters. The Morgan fingerprint density at radius 1 is 1.12 bits per heavy atom. The average molecular weight is 462 g/mol. The van der Waals surface area contributed by atoms with Gasteiger partial charge in [0.05, 0.1) is 12.7 Å². The van der Waals surface area contributed by atoms with E-state index in [1.165, 1.54) is 11.1 Å². The van der Waals surface area contributed by atoms with E-state index >= 15 is 0 Å². The zero-order valence-corrected chi connectivity index (χ0v) is 17.4. The van der Waals surface area contributed by atoms with Crippen LogP contribution in [0.15, 0.2) is 24.3 Å². The largest absolute Gasteiger partial charge is 0.490 e. The fraction of sp³-hybridized carbons (Fsp3) is 0.619. The molecule has 0 spiro atoms. The lowest BCUT2D eigenvalue weighted by molar-refractivity contribution is -0.213. The van der Waals surface area contributed by atoms with E-state index in [0.29, 0.717) is 19.2 Å². The maximum absolute atomic E-state index is 13.4. The van der Waals surface area contributed by atoms with Crippen LogP contribution in [0.2, 0.25) is 0 Å². The number of alkyl halides is 3. The summed E-state index contributed by atoms with van der Waals surface area (Å²) in [6.07, 6.45) is -0.801. The van der Waals surface area contributed by atoms with Gasteiger partial charge in [-0.1, -0.05) is 12.1 Å². The van der Waals surface area contributed by atoms with Crippen LogP contribution in [-0.2, 0) is 25.7 Å². The van der Waals surface area contributed by atoms with Crippen molar-refractivity contribution in [1.82, 2.24) is 9.96 Å². The quantitative estimate of drug-likeness (QED) is 0.696. The lowest BCUT2D eigenvalue weighted by Crippen LogP contribution is -2.49. The highest BCUT2D eigenvalue weighted by molar-refractivity contribution is 5.80. The lowest BCUT2D eigenvalue weighted by Gasteiger charge is -2.37. The van der Waals surface area contributed by atoms with Gasteiger partial charge in [0, 0.05) is 25.7 Å². The first-order valence-electron chi connectivity index (χ1n) is 10.5. The summed E-state index contributed by atoms with van der Waals surface area (Å²) in [5.41, 5.74) is 0.987. The van der Waals surface area contributed by atoms with Crippen molar-refractivity contribution in [2.75, 3.05) is 19.7 Å². The van der Waals surface area contributed by atoms with Crippen LogP contribution >= 0.6 is 0 Å². The zero-order valence-electron chi connectivity index (χ0n) is 17.4. The average Bonchev–Trinajstić information content (AvgIpc) is 3.15. The summed E-state index contributed by atoms with van der Waals surface area (Å²) in [5, 5.41) is 8.62. The summed E-state index contributed by atoms with van der Waals surface area (Å²) >= 11 is 0. The van der Waals surface area contributed by atoms with Crippen molar-refractivity contribution in [3.63, 3.8) is 0 Å². The van der Waals surface area contributed by atoms with Crippen molar-refractivity contribution in [3.8, 4) is 0 Å². The number of carbonyl (C=O) groups excluding carboxylic acids is 1. The minimum atomic E-state index is -5.08. The van der Waals surface area contributed by atoms with Crippen LogP contribution in [-0.4, -0.2) is 71.1 Å². The fourth-order valence-corrected chi connectivity index (χ4v) is 4.19. The van der Waals surface area contributed by atoms with Gasteiger partial charge in [0.25, 0.3) is 5.91 Å². The van der Waals surface area contributed by atoms with Crippen LogP contribution in [0.4, 0.5) is 17.6 Å². The Morgan fingerprint density at radius 2 is 1.88 bits per heavy atom. The second kappa shape index (κ2) is 10.6. The first-order valence-corrected chi connectivity index (χ1v) is 10.5. The van der Waals surface area contributed by atoms with Crippen molar-refractivity contribution in [2.24, 2.45) is 0 Å². The van der Waals surface area contributed by atoms with Crippen LogP contribution in [0.1, 0.15) is 37.7 Å². The van der Waals surface area contributed by atoms with Crippen molar-refractivity contribution in [3.05, 3.63) is 35.6 Å². The molecular formula is C21H26F4N2O5. The Hall–Kier alpha value is -2.24. The summed E-state index contributed by atoms with van der Waals surface area (Å²) in [4.78, 5) is 29.3. The van der Waals surface area contributed by atoms with E-state index in [2.05, 4.69) is 4.90 Å². The Kier molecular flexibility index (Phi) is 8.07. The van der Waals surface area contributed by atoms with Crippen molar-refractivity contribution in [2.45, 2.75) is 63.1 Å². The molecule has 0 radical (unpaired) electrons. The maximum Gasteiger partial charge on any atom is 0.490 e. The molecule has 0 saturated carbocycles. The van der Waals surface area contributed by atoms with Crippen LogP contribution < -0.4 is 0 Å². The molecule has 1 aromatic carbocycles. The number of fused-ring (bicyclic) bond motifs is 1. The first kappa shape index (κ1) is 24.4. The van der Waals surface area contributed by atoms with Gasteiger partial charge in [0.2, 0.25) is 0 Å². The molecule has 4 rings (SSSR count). The number of benzene rings is 1. The van der Waals surface area contributed by atoms with Gasteiger partial charge in [-0.25, -0.2) is 14.2 Å². The molecule has 0 aromatic heterocycles. The number of nitrogens with zero attached hydrogens (tertiary/aromatic N) is 2. The van der Waals surface area contributed by atoms with Gasteiger partial charge in [0.1, 0.15) is 11.9 Å². The Labute approximate surface area is 182 Å². The third-order valence-corrected chi connectivity index (χ3v) is 5.70. The predicted octanol–water partition coefficient (Wildman–Crippen LogP) is 3.13. The number of hydroxylamine groups is 2. The number of carbonyl (C=O) groups is 2. The van der Waals surface area contributed by atoms with Gasteiger partial charge >= 0.3 is 12.1 Å². The molecule has 7 nitrogen and oxygen atoms in total. The lowest BCUT2D eigenvalue weighted by atomic mass is 9.98. The minimum absolute atomic E-state index is 0.0262. The summed E-state index contributed by atoms with van der Waals surface area (Å²) in [5.74, 6) is -2.98. The number of carboxylic acids is 1. The molecule has 11 heteroatoms. The number of halogens is 4. The van der Waals surface area contributed by atoms with Crippen LogP contribution in [0.5, 0.6) is 0 Å². The summed E-state index contributed by atoms with van der Waals surface area (Å²) < 4.78 is 51.3. The number of aliphatic carboxylic acids is 1. The van der Waals surface area contributed by atoms with E-state index in [9.17, 15) is 22.4 Å². The smallest absolute Gasteiger partial charge is 0.475 e. The Morgan fingerprint density at radius 3 is 2.50 bits per heavy atom. The molecule has 3 aliphatic heterocycles. The zero-order chi connectivity index (χ0) is 23.3. The van der Waals surface area contributed by atoms with Crippen molar-refractivity contribution < 1.29 is 41.8 Å². The second-order valence-electron chi connectivity index (χ2n) is 7.98. The standard InChI is InChI=1S/C19H25FN2O3.C2HF3O2/c20-15-5-3-4-14(12-15)13-21-10-8-17-16(21)6-7-18(25-17)19(23)22-9-1-2-11-24-22;3-2(4,5)1(6)7/h3-5,12,16-18H,1-2,6-11,13H2;(H,6,7)/t16-,17-,18+;/m1./s1. The molecule has 0 unspecified atom stereocenters. The molecule has 0 bridgehead atoms. The molecule has 178 valence electrons. The number of carboxylic acid groups (broad SMARTS) is 1. The van der Waals surface area contributed by atoms with E-state index in [4.69, 9.17) is 19.5 Å². The van der Waals surface area contributed by atoms with Crippen molar-refractivity contribution >= 4 is 11.9 Å². The molecule has 0 aliphatic carbocycles. The maximum atomic E-state index is 13.4. The second-order valence-corrected chi connectivity index (χ2v) is 7.98. The number of hydrogen-bond acceptors (Lipinski definition) is 5. The monoisotopic (exact) mass is 462 g/mol.